The van der Waals surface area contributed by atoms with Crippen molar-refractivity contribution < 1.29 is 41.0 Å². The van der Waals surface area contributed by atoms with Crippen LogP contribution in [0, 0.1) is 17.6 Å². The molecule has 9 heteroatoms. The first-order chi connectivity index (χ1) is 18.7. The Kier molecular flexibility index (Phi) is 14.1. The number of hydrogen-bond donors (Lipinski definition) is 0. The third-order valence-electron chi connectivity index (χ3n) is 6.48. The van der Waals surface area contributed by atoms with Crippen LogP contribution in [-0.4, -0.2) is 25.5 Å². The van der Waals surface area contributed by atoms with Crippen LogP contribution in [-0.2, 0) is 4.74 Å². The fourth-order valence-corrected chi connectivity index (χ4v) is 4.15. The van der Waals surface area contributed by atoms with Gasteiger partial charge in [-0.25, -0.2) is 9.18 Å². The minimum Gasteiger partial charge on any atom is -0.494 e. The number of carbonyl (C=O) groups is 1. The molecule has 2 aromatic carbocycles. The molecule has 2 aromatic rings. The minimum absolute atomic E-state index is 0.0459. The van der Waals surface area contributed by atoms with E-state index < -0.39 is 48.7 Å². The molecule has 0 saturated heterocycles. The molecule has 0 spiro atoms. The molecular formula is C30H39F5O4. The molecule has 1 unspecified atom stereocenters. The van der Waals surface area contributed by atoms with Crippen LogP contribution in [0.5, 0.6) is 11.5 Å². The zero-order chi connectivity index (χ0) is 28.7. The van der Waals surface area contributed by atoms with Gasteiger partial charge in [0.2, 0.25) is 5.82 Å². The summed E-state index contributed by atoms with van der Waals surface area (Å²) >= 11 is 0. The molecule has 4 nitrogen and oxygen atoms in total. The van der Waals surface area contributed by atoms with Gasteiger partial charge in [0.15, 0.2) is 11.6 Å². The Bertz CT molecular complexity index is 992. The zero-order valence-corrected chi connectivity index (χ0v) is 22.8. The molecule has 0 aliphatic rings. The summed E-state index contributed by atoms with van der Waals surface area (Å²) in [6.45, 7) is 4.14. The van der Waals surface area contributed by atoms with Gasteiger partial charge in [-0.1, -0.05) is 77.3 Å². The van der Waals surface area contributed by atoms with Gasteiger partial charge in [0.25, 0.3) is 0 Å². The molecule has 0 aliphatic heterocycles. The van der Waals surface area contributed by atoms with Gasteiger partial charge in [0.05, 0.1) is 19.1 Å². The van der Waals surface area contributed by atoms with Gasteiger partial charge >= 0.3 is 12.3 Å². The van der Waals surface area contributed by atoms with Crippen LogP contribution in [0.2, 0.25) is 0 Å². The average molecular weight is 559 g/mol. The predicted octanol–water partition coefficient (Wildman–Crippen LogP) is 10.0. The maximum absolute atomic E-state index is 14.7. The maximum atomic E-state index is 14.7. The quantitative estimate of drug-likeness (QED) is 0.0839. The molecule has 39 heavy (non-hydrogen) atoms. The van der Waals surface area contributed by atoms with Gasteiger partial charge in [-0.15, -0.1) is 0 Å². The molecule has 0 fully saturated rings. The molecule has 1 atom stereocenters. The first-order valence-corrected chi connectivity index (χ1v) is 13.8. The highest BCUT2D eigenvalue weighted by atomic mass is 19.4. The van der Waals surface area contributed by atoms with Gasteiger partial charge in [-0.3, -0.25) is 0 Å². The Morgan fingerprint density at radius 2 is 1.41 bits per heavy atom. The molecule has 0 aromatic heterocycles. The second-order valence-electron chi connectivity index (χ2n) is 9.60. The summed E-state index contributed by atoms with van der Waals surface area (Å²) in [5.41, 5.74) is 0.350. The molecule has 0 bridgehead atoms. The van der Waals surface area contributed by atoms with Gasteiger partial charge in [-0.05, 0) is 49.1 Å². The second-order valence-corrected chi connectivity index (χ2v) is 9.60. The van der Waals surface area contributed by atoms with Crippen LogP contribution >= 0.6 is 0 Å². The third-order valence-corrected chi connectivity index (χ3v) is 6.48. The van der Waals surface area contributed by atoms with E-state index >= 15 is 0 Å². The molecule has 0 heterocycles. The summed E-state index contributed by atoms with van der Waals surface area (Å²) in [7, 11) is 0. The lowest BCUT2D eigenvalue weighted by atomic mass is 9.97. The van der Waals surface area contributed by atoms with Crippen LogP contribution in [0.3, 0.4) is 0 Å². The average Bonchev–Trinajstić information content (AvgIpc) is 2.90. The van der Waals surface area contributed by atoms with E-state index in [0.29, 0.717) is 30.8 Å². The summed E-state index contributed by atoms with van der Waals surface area (Å²) in [6, 6.07) is 8.84. The first kappa shape index (κ1) is 32.4. The lowest BCUT2D eigenvalue weighted by Crippen LogP contribution is -2.25. The Balaban J connectivity index is 1.88. The number of halogens is 5. The van der Waals surface area contributed by atoms with Crippen LogP contribution in [0.15, 0.2) is 36.4 Å². The van der Waals surface area contributed by atoms with E-state index in [1.54, 1.807) is 24.3 Å². The Morgan fingerprint density at radius 3 is 2.05 bits per heavy atom. The number of carbonyl (C=O) groups excluding carboxylic acids is 1. The highest BCUT2D eigenvalue weighted by molar-refractivity contribution is 5.68. The molecule has 0 aliphatic carbocycles. The van der Waals surface area contributed by atoms with E-state index in [0.717, 1.165) is 31.7 Å². The van der Waals surface area contributed by atoms with E-state index in [9.17, 15) is 26.7 Å². The molecule has 0 saturated carbocycles. The van der Waals surface area contributed by atoms with Crippen LogP contribution in [0.25, 0.3) is 11.1 Å². The Labute approximate surface area is 227 Å². The van der Waals surface area contributed by atoms with E-state index in [4.69, 9.17) is 14.2 Å². The van der Waals surface area contributed by atoms with Crippen molar-refractivity contribution in [2.45, 2.75) is 90.7 Å². The van der Waals surface area contributed by atoms with Crippen molar-refractivity contribution in [2.24, 2.45) is 5.92 Å². The van der Waals surface area contributed by atoms with Gasteiger partial charge in [0, 0.05) is 5.56 Å². The summed E-state index contributed by atoms with van der Waals surface area (Å²) in [5.74, 6) is -4.34. The smallest absolute Gasteiger partial charge is 0.494 e. The van der Waals surface area contributed by atoms with Crippen molar-refractivity contribution >= 4 is 6.16 Å². The van der Waals surface area contributed by atoms with Gasteiger partial charge < -0.3 is 14.2 Å². The van der Waals surface area contributed by atoms with Crippen LogP contribution < -0.4 is 9.47 Å². The number of hydrogen-bond acceptors (Lipinski definition) is 4. The summed E-state index contributed by atoms with van der Waals surface area (Å²) in [4.78, 5) is 11.9. The van der Waals surface area contributed by atoms with Crippen LogP contribution in [0.1, 0.15) is 84.5 Å². The zero-order valence-electron chi connectivity index (χ0n) is 22.8. The SMILES string of the molecule is CCCCCCCOc1ccc(-c2ccc(OC(=O)OCCC(CCCCCC)C(F)(F)F)c(F)c2F)cc1. The highest BCUT2D eigenvalue weighted by Crippen LogP contribution is 2.34. The Hall–Kier alpha value is -2.84. The van der Waals surface area contributed by atoms with Crippen LogP contribution in [0.4, 0.5) is 26.7 Å². The largest absolute Gasteiger partial charge is 0.513 e. The normalized spacial score (nSPS) is 12.3. The van der Waals surface area contributed by atoms with Crippen molar-refractivity contribution in [3.63, 3.8) is 0 Å². The van der Waals surface area contributed by atoms with E-state index in [2.05, 4.69) is 6.92 Å². The fraction of sp³-hybridized carbons (Fsp3) is 0.567. The lowest BCUT2D eigenvalue weighted by Gasteiger charge is -2.20. The predicted molar refractivity (Wildman–Crippen MR) is 141 cm³/mol. The molecule has 0 N–H and O–H groups in total. The molecule has 218 valence electrons. The number of benzene rings is 2. The van der Waals surface area contributed by atoms with Gasteiger partial charge in [0.1, 0.15) is 5.75 Å². The van der Waals surface area contributed by atoms with Crippen molar-refractivity contribution in [3.8, 4) is 22.6 Å². The standard InChI is InChI=1S/C30H39F5O4/c1-3-5-7-9-11-20-37-24-15-13-22(14-16-24)25-17-18-26(28(32)27(25)31)39-29(36)38-21-19-23(30(33,34)35)12-10-8-6-4-2/h13-18,23H,3-12,19-21H2,1-2H3. The first-order valence-electron chi connectivity index (χ1n) is 13.8. The second kappa shape index (κ2) is 17.0. The minimum atomic E-state index is -4.41. The molecule has 0 radical (unpaired) electrons. The van der Waals surface area contributed by atoms with Crippen molar-refractivity contribution in [3.05, 3.63) is 48.0 Å². The maximum Gasteiger partial charge on any atom is 0.513 e. The van der Waals surface area contributed by atoms with E-state index in [-0.39, 0.29) is 12.0 Å². The molecular weight excluding hydrogens is 519 g/mol. The summed E-state index contributed by atoms with van der Waals surface area (Å²) in [5, 5.41) is 0. The molecule has 2 rings (SSSR count). The van der Waals surface area contributed by atoms with Crippen molar-refractivity contribution in [2.75, 3.05) is 13.2 Å². The van der Waals surface area contributed by atoms with Crippen molar-refractivity contribution in [1.29, 1.82) is 0 Å². The lowest BCUT2D eigenvalue weighted by molar-refractivity contribution is -0.180. The number of ether oxygens (including phenoxy) is 3. The summed E-state index contributed by atoms with van der Waals surface area (Å²) < 4.78 is 84.2. The topological polar surface area (TPSA) is 44.8 Å². The van der Waals surface area contributed by atoms with Crippen molar-refractivity contribution in [1.82, 2.24) is 0 Å². The Morgan fingerprint density at radius 1 is 0.769 bits per heavy atom. The highest BCUT2D eigenvalue weighted by Gasteiger charge is 2.38. The summed E-state index contributed by atoms with van der Waals surface area (Å²) in [6.07, 6.45) is 2.14. The fourth-order valence-electron chi connectivity index (χ4n) is 4.15. The van der Waals surface area contributed by atoms with E-state index in [1.165, 1.54) is 25.3 Å². The van der Waals surface area contributed by atoms with E-state index in [1.807, 2.05) is 6.92 Å². The monoisotopic (exact) mass is 558 g/mol. The number of unbranched alkanes of at least 4 members (excludes halogenated alkanes) is 7. The molecule has 0 amide bonds. The van der Waals surface area contributed by atoms with Gasteiger partial charge in [-0.2, -0.15) is 17.6 Å². The third kappa shape index (κ3) is 11.4. The number of alkyl halides is 3. The number of rotatable bonds is 17.